The molecule has 0 aliphatic rings. The molecule has 3 aromatic rings. The van der Waals surface area contributed by atoms with E-state index in [2.05, 4.69) is 15.0 Å². The Hall–Kier alpha value is -3.44. The smallest absolute Gasteiger partial charge is 0.380 e. The number of aryl methyl sites for hydroxylation is 3. The first kappa shape index (κ1) is 30.6. The fraction of sp³-hybridized carbons (Fsp3) is 0.429. The predicted molar refractivity (Wildman–Crippen MR) is 119 cm³/mol. The van der Waals surface area contributed by atoms with E-state index < -0.39 is 17.1 Å². The van der Waals surface area contributed by atoms with Gasteiger partial charge in [-0.05, 0) is 37.5 Å². The summed E-state index contributed by atoms with van der Waals surface area (Å²) in [6.45, 7) is 5.93. The van der Waals surface area contributed by atoms with Crippen molar-refractivity contribution in [1.29, 1.82) is 0 Å². The summed E-state index contributed by atoms with van der Waals surface area (Å²) < 4.78 is 1.76. The van der Waals surface area contributed by atoms with Crippen LogP contribution in [-0.4, -0.2) is 44.8 Å². The molecule has 0 spiro atoms. The largest absolute Gasteiger partial charge is 0.424 e. The summed E-state index contributed by atoms with van der Waals surface area (Å²) in [6.07, 6.45) is 8.95. The van der Waals surface area contributed by atoms with Crippen molar-refractivity contribution >= 4 is 0 Å². The van der Waals surface area contributed by atoms with Crippen LogP contribution in [-0.2, 0) is 36.3 Å². The van der Waals surface area contributed by atoms with Crippen molar-refractivity contribution in [2.24, 2.45) is 0 Å². The molecule has 0 saturated carbocycles. The molecule has 0 saturated heterocycles. The van der Waals surface area contributed by atoms with E-state index in [-0.39, 0.29) is 17.1 Å². The summed E-state index contributed by atoms with van der Waals surface area (Å²) in [4.78, 5) is 42.3. The average Bonchev–Trinajstić information content (AvgIpc) is 2.79. The summed E-state index contributed by atoms with van der Waals surface area (Å²) in [5.74, 6) is 0. The maximum absolute atomic E-state index is 10.7. The first-order valence-corrected chi connectivity index (χ1v) is 10.5. The molecular weight excluding hydrogens is 488 g/mol. The van der Waals surface area contributed by atoms with Crippen LogP contribution in [0, 0.1) is 0 Å². The van der Waals surface area contributed by atoms with Gasteiger partial charge < -0.3 is 15.6 Å². The second kappa shape index (κ2) is 16.2. The summed E-state index contributed by atoms with van der Waals surface area (Å²) >= 11 is 0. The minimum absolute atomic E-state index is 0. The number of aromatic nitrogens is 6. The standard InChI is InChI=1S/3C7H10N2O2.Fe/c3*1-2-3-6-4-5-8-7(10)9(6)11;/h3*4-5,11H,2-3H2,1H3;. The minimum atomic E-state index is -0.615. The molecule has 0 atom stereocenters. The molecule has 3 aromatic heterocycles. The van der Waals surface area contributed by atoms with Crippen molar-refractivity contribution in [3.05, 3.63) is 85.3 Å². The quantitative estimate of drug-likeness (QED) is 0.322. The monoisotopic (exact) mass is 518 g/mol. The summed E-state index contributed by atoms with van der Waals surface area (Å²) in [7, 11) is 0. The number of rotatable bonds is 6. The maximum Gasteiger partial charge on any atom is 0.380 e. The summed E-state index contributed by atoms with van der Waals surface area (Å²) in [5, 5.41) is 27.2. The fourth-order valence-electron chi connectivity index (χ4n) is 2.64. The molecule has 0 fully saturated rings. The summed E-state index contributed by atoms with van der Waals surface area (Å²) in [5.41, 5.74) is -0.0321. The Balaban J connectivity index is 0.000000473. The molecular formula is C21H30FeN6O6. The van der Waals surface area contributed by atoms with Gasteiger partial charge in [0.05, 0.1) is 17.1 Å². The van der Waals surface area contributed by atoms with Crippen molar-refractivity contribution in [2.45, 2.75) is 59.3 Å². The van der Waals surface area contributed by atoms with Gasteiger partial charge in [0, 0.05) is 35.7 Å². The molecule has 3 heterocycles. The van der Waals surface area contributed by atoms with Crippen molar-refractivity contribution < 1.29 is 32.7 Å². The molecule has 0 aromatic carbocycles. The molecule has 3 N–H and O–H groups in total. The topological polar surface area (TPSA) is 165 Å². The van der Waals surface area contributed by atoms with Gasteiger partial charge in [0.1, 0.15) is 0 Å². The van der Waals surface area contributed by atoms with Gasteiger partial charge in [-0.15, -0.1) is 14.2 Å². The van der Waals surface area contributed by atoms with E-state index >= 15 is 0 Å². The van der Waals surface area contributed by atoms with Crippen LogP contribution in [0.2, 0.25) is 0 Å². The van der Waals surface area contributed by atoms with E-state index in [1.165, 1.54) is 18.6 Å². The van der Waals surface area contributed by atoms with Crippen LogP contribution in [0.5, 0.6) is 0 Å². The second-order valence-electron chi connectivity index (χ2n) is 6.84. The molecule has 0 unspecified atom stereocenters. The molecule has 0 aliphatic heterocycles. The zero-order valence-electron chi connectivity index (χ0n) is 19.3. The average molecular weight is 518 g/mol. The van der Waals surface area contributed by atoms with Crippen molar-refractivity contribution in [3.8, 4) is 0 Å². The van der Waals surface area contributed by atoms with E-state index in [1.54, 1.807) is 18.2 Å². The van der Waals surface area contributed by atoms with Crippen LogP contribution in [0.15, 0.2) is 51.2 Å². The van der Waals surface area contributed by atoms with Crippen molar-refractivity contribution in [2.75, 3.05) is 0 Å². The Morgan fingerprint density at radius 1 is 0.588 bits per heavy atom. The zero-order chi connectivity index (χ0) is 24.8. The molecule has 13 heteroatoms. The van der Waals surface area contributed by atoms with Crippen LogP contribution < -0.4 is 17.1 Å². The first-order chi connectivity index (χ1) is 15.8. The van der Waals surface area contributed by atoms with Gasteiger partial charge in [-0.3, -0.25) is 0 Å². The Morgan fingerprint density at radius 2 is 0.824 bits per heavy atom. The van der Waals surface area contributed by atoms with Crippen LogP contribution in [0.25, 0.3) is 0 Å². The minimum Gasteiger partial charge on any atom is -0.424 e. The van der Waals surface area contributed by atoms with Crippen LogP contribution >= 0.6 is 0 Å². The number of hydrogen-bond donors (Lipinski definition) is 3. The van der Waals surface area contributed by atoms with E-state index in [9.17, 15) is 14.4 Å². The van der Waals surface area contributed by atoms with Gasteiger partial charge in [-0.1, -0.05) is 40.0 Å². The SMILES string of the molecule is CCCc1ccnc(=O)n1O.CCCc1ccnc(=O)n1O.CCCc1ccnc(=O)n1O.[Fe]. The first-order valence-electron chi connectivity index (χ1n) is 10.5. The molecule has 3 rings (SSSR count). The number of hydrogen-bond acceptors (Lipinski definition) is 9. The van der Waals surface area contributed by atoms with Gasteiger partial charge in [0.2, 0.25) is 0 Å². The molecule has 0 aliphatic carbocycles. The van der Waals surface area contributed by atoms with Gasteiger partial charge in [-0.2, -0.15) is 15.0 Å². The molecule has 188 valence electrons. The van der Waals surface area contributed by atoms with Crippen molar-refractivity contribution in [3.63, 3.8) is 0 Å². The Labute approximate surface area is 206 Å². The van der Waals surface area contributed by atoms with Crippen LogP contribution in [0.4, 0.5) is 0 Å². The Bertz CT molecular complexity index is 1030. The molecule has 34 heavy (non-hydrogen) atoms. The third kappa shape index (κ3) is 9.59. The van der Waals surface area contributed by atoms with Gasteiger partial charge in [0.25, 0.3) is 0 Å². The zero-order valence-corrected chi connectivity index (χ0v) is 20.4. The third-order valence-corrected chi connectivity index (χ3v) is 4.23. The van der Waals surface area contributed by atoms with E-state index in [1.807, 2.05) is 20.8 Å². The van der Waals surface area contributed by atoms with E-state index in [4.69, 9.17) is 15.6 Å². The molecule has 0 radical (unpaired) electrons. The van der Waals surface area contributed by atoms with Crippen LogP contribution in [0.1, 0.15) is 57.1 Å². The fourth-order valence-corrected chi connectivity index (χ4v) is 2.64. The maximum atomic E-state index is 10.7. The normalized spacial score (nSPS) is 9.62. The van der Waals surface area contributed by atoms with Gasteiger partial charge in [-0.25, -0.2) is 14.4 Å². The van der Waals surface area contributed by atoms with Gasteiger partial charge >= 0.3 is 17.1 Å². The Morgan fingerprint density at radius 3 is 1.03 bits per heavy atom. The summed E-state index contributed by atoms with van der Waals surface area (Å²) in [6, 6.07) is 4.89. The number of nitrogens with zero attached hydrogens (tertiary/aromatic N) is 6. The third-order valence-electron chi connectivity index (χ3n) is 4.23. The second-order valence-corrected chi connectivity index (χ2v) is 6.84. The molecule has 0 amide bonds. The molecule has 12 nitrogen and oxygen atoms in total. The van der Waals surface area contributed by atoms with E-state index in [0.717, 1.165) is 19.3 Å². The van der Waals surface area contributed by atoms with Gasteiger partial charge in [0.15, 0.2) is 0 Å². The Kier molecular flexibility index (Phi) is 14.6. The predicted octanol–water partition coefficient (Wildman–Crippen LogP) is 1.30. The van der Waals surface area contributed by atoms with Crippen LogP contribution in [0.3, 0.4) is 0 Å². The van der Waals surface area contributed by atoms with Crippen molar-refractivity contribution in [1.82, 2.24) is 29.1 Å². The van der Waals surface area contributed by atoms with E-state index in [0.29, 0.717) is 50.5 Å². The molecule has 0 bridgehead atoms.